The summed E-state index contributed by atoms with van der Waals surface area (Å²) in [6.45, 7) is -0.0286. The number of nitrogens with zero attached hydrogens (tertiary/aromatic N) is 2. The molecule has 7 nitrogen and oxygen atoms in total. The maximum Gasteiger partial charge on any atom is 0.416 e. The van der Waals surface area contributed by atoms with Gasteiger partial charge in [-0.25, -0.2) is 8.42 Å². The van der Waals surface area contributed by atoms with E-state index in [1.807, 2.05) is 0 Å². The minimum atomic E-state index is -4.64. The Morgan fingerprint density at radius 1 is 1.11 bits per heavy atom. The number of benzene rings is 1. The molecule has 0 unspecified atom stereocenters. The lowest BCUT2D eigenvalue weighted by Gasteiger charge is -2.27. The first-order valence-electron chi connectivity index (χ1n) is 8.79. The van der Waals surface area contributed by atoms with E-state index in [0.717, 1.165) is 16.4 Å². The molecular weight excluding hydrogens is 401 g/mol. The number of carbonyl (C=O) groups is 1. The Morgan fingerprint density at radius 2 is 1.75 bits per heavy atom. The third-order valence-electron chi connectivity index (χ3n) is 4.49. The van der Waals surface area contributed by atoms with Crippen molar-refractivity contribution in [3.8, 4) is 0 Å². The number of sulfonamides is 1. The second-order valence-corrected chi connectivity index (χ2v) is 8.45. The summed E-state index contributed by atoms with van der Waals surface area (Å²) in [5.74, 6) is -0.886. The Hall–Kier alpha value is -1.69. The third kappa shape index (κ3) is 5.43. The molecule has 1 heterocycles. The van der Waals surface area contributed by atoms with Crippen molar-refractivity contribution in [1.29, 1.82) is 0 Å². The van der Waals surface area contributed by atoms with Gasteiger partial charge in [0, 0.05) is 38.2 Å². The van der Waals surface area contributed by atoms with Crippen LogP contribution in [0.25, 0.3) is 0 Å². The highest BCUT2D eigenvalue weighted by molar-refractivity contribution is 7.92. The van der Waals surface area contributed by atoms with Crippen LogP contribution in [0.15, 0.2) is 18.2 Å². The van der Waals surface area contributed by atoms with E-state index >= 15 is 0 Å². The molecule has 1 aromatic carbocycles. The summed E-state index contributed by atoms with van der Waals surface area (Å²) in [6.07, 6.45) is -4.48. The minimum Gasteiger partial charge on any atom is -0.395 e. The quantitative estimate of drug-likeness (QED) is 0.649. The maximum atomic E-state index is 13.0. The predicted molar refractivity (Wildman–Crippen MR) is 96.8 cm³/mol. The maximum absolute atomic E-state index is 13.0. The van der Waals surface area contributed by atoms with E-state index in [9.17, 15) is 26.4 Å². The zero-order valence-corrected chi connectivity index (χ0v) is 16.0. The van der Waals surface area contributed by atoms with Gasteiger partial charge in [-0.15, -0.1) is 0 Å². The number of ketones is 1. The Morgan fingerprint density at radius 3 is 2.32 bits per heavy atom. The van der Waals surface area contributed by atoms with Crippen LogP contribution in [-0.4, -0.2) is 74.5 Å². The van der Waals surface area contributed by atoms with Crippen LogP contribution in [0.3, 0.4) is 0 Å². The van der Waals surface area contributed by atoms with Crippen molar-refractivity contribution in [1.82, 2.24) is 4.90 Å². The normalized spacial score (nSPS) is 15.6. The van der Waals surface area contributed by atoms with Crippen molar-refractivity contribution in [2.45, 2.75) is 19.0 Å². The van der Waals surface area contributed by atoms with Crippen LogP contribution in [-0.2, 0) is 16.2 Å². The van der Waals surface area contributed by atoms with Crippen molar-refractivity contribution in [2.24, 2.45) is 0 Å². The van der Waals surface area contributed by atoms with Gasteiger partial charge in [-0.2, -0.15) is 13.2 Å². The standard InChI is InChI=1S/C17H23F3N2O5S/c18-17(19,20)13-3-4-15-14(12-13)16(25)2-1-5-22(15)28(26,27)11-8-21(6-9-23)7-10-24/h3-4,12,23-24H,1-2,5-11H2. The number of fused-ring (bicyclic) bond motifs is 1. The number of Topliss-reactive ketones (excluding diaryl/α,β-unsaturated/α-hetero) is 1. The first kappa shape index (κ1) is 22.6. The second kappa shape index (κ2) is 9.21. The Labute approximate surface area is 161 Å². The van der Waals surface area contributed by atoms with E-state index < -0.39 is 27.5 Å². The summed E-state index contributed by atoms with van der Waals surface area (Å²) in [6, 6.07) is 2.50. The summed E-state index contributed by atoms with van der Waals surface area (Å²) >= 11 is 0. The second-order valence-electron chi connectivity index (χ2n) is 6.43. The minimum absolute atomic E-state index is 0.00750. The molecule has 2 rings (SSSR count). The molecule has 0 atom stereocenters. The van der Waals surface area contributed by atoms with Gasteiger partial charge >= 0.3 is 6.18 Å². The van der Waals surface area contributed by atoms with E-state index in [2.05, 4.69) is 0 Å². The smallest absolute Gasteiger partial charge is 0.395 e. The molecule has 0 fully saturated rings. The highest BCUT2D eigenvalue weighted by Gasteiger charge is 2.35. The summed E-state index contributed by atoms with van der Waals surface area (Å²) < 4.78 is 65.6. The zero-order valence-electron chi connectivity index (χ0n) is 15.2. The van der Waals surface area contributed by atoms with Gasteiger partial charge in [0.05, 0.1) is 30.2 Å². The Balaban J connectivity index is 2.32. The number of anilines is 1. The highest BCUT2D eigenvalue weighted by Crippen LogP contribution is 2.35. The number of hydrogen-bond donors (Lipinski definition) is 2. The van der Waals surface area contributed by atoms with Crippen molar-refractivity contribution in [3.63, 3.8) is 0 Å². The molecule has 0 saturated heterocycles. The SMILES string of the molecule is O=C1CCCN(S(=O)(=O)CCN(CCO)CCO)c2ccc(C(F)(F)F)cc21. The van der Waals surface area contributed by atoms with Crippen LogP contribution < -0.4 is 4.31 Å². The molecular formula is C17H23F3N2O5S. The molecule has 0 saturated carbocycles. The molecule has 0 aliphatic carbocycles. The van der Waals surface area contributed by atoms with Crippen LogP contribution >= 0.6 is 0 Å². The van der Waals surface area contributed by atoms with Crippen LogP contribution in [0.5, 0.6) is 0 Å². The number of aliphatic hydroxyl groups is 2. The molecule has 158 valence electrons. The molecule has 1 aromatic rings. The van der Waals surface area contributed by atoms with Gasteiger partial charge in [0.25, 0.3) is 0 Å². The van der Waals surface area contributed by atoms with E-state index in [0.29, 0.717) is 6.07 Å². The summed E-state index contributed by atoms with van der Waals surface area (Å²) in [5.41, 5.74) is -1.30. The summed E-state index contributed by atoms with van der Waals surface area (Å²) in [7, 11) is -3.93. The molecule has 28 heavy (non-hydrogen) atoms. The number of rotatable bonds is 8. The lowest BCUT2D eigenvalue weighted by atomic mass is 10.0. The molecule has 1 aliphatic heterocycles. The van der Waals surface area contributed by atoms with Gasteiger partial charge in [0.2, 0.25) is 10.0 Å². The largest absolute Gasteiger partial charge is 0.416 e. The molecule has 0 aromatic heterocycles. The molecule has 0 spiro atoms. The molecule has 1 aliphatic rings. The lowest BCUT2D eigenvalue weighted by molar-refractivity contribution is -0.137. The van der Waals surface area contributed by atoms with E-state index in [4.69, 9.17) is 10.2 Å². The van der Waals surface area contributed by atoms with Crippen LogP contribution in [0.4, 0.5) is 18.9 Å². The van der Waals surface area contributed by atoms with Gasteiger partial charge in [-0.1, -0.05) is 0 Å². The van der Waals surface area contributed by atoms with Crippen molar-refractivity contribution in [2.75, 3.05) is 49.5 Å². The highest BCUT2D eigenvalue weighted by atomic mass is 32.2. The number of alkyl halides is 3. The average Bonchev–Trinajstić information content (AvgIpc) is 2.78. The molecule has 11 heteroatoms. The Kier molecular flexibility index (Phi) is 7.43. The van der Waals surface area contributed by atoms with Crippen LogP contribution in [0.2, 0.25) is 0 Å². The molecule has 0 amide bonds. The fourth-order valence-electron chi connectivity index (χ4n) is 3.05. The topological polar surface area (TPSA) is 98.2 Å². The number of aliphatic hydroxyl groups excluding tert-OH is 2. The predicted octanol–water partition coefficient (Wildman–Crippen LogP) is 1.10. The van der Waals surface area contributed by atoms with E-state index in [1.165, 1.54) is 0 Å². The van der Waals surface area contributed by atoms with E-state index in [1.54, 1.807) is 4.90 Å². The van der Waals surface area contributed by atoms with E-state index in [-0.39, 0.29) is 69.2 Å². The average molecular weight is 424 g/mol. The third-order valence-corrected chi connectivity index (χ3v) is 6.24. The van der Waals surface area contributed by atoms with Gasteiger partial charge in [0.15, 0.2) is 5.78 Å². The first-order valence-corrected chi connectivity index (χ1v) is 10.4. The molecule has 2 N–H and O–H groups in total. The first-order chi connectivity index (χ1) is 13.1. The van der Waals surface area contributed by atoms with Gasteiger partial charge in [0.1, 0.15) is 0 Å². The monoisotopic (exact) mass is 424 g/mol. The van der Waals surface area contributed by atoms with Crippen molar-refractivity contribution in [3.05, 3.63) is 29.3 Å². The molecule has 0 bridgehead atoms. The van der Waals surface area contributed by atoms with Crippen LogP contribution in [0, 0.1) is 0 Å². The number of carbonyl (C=O) groups excluding carboxylic acids is 1. The molecule has 0 radical (unpaired) electrons. The van der Waals surface area contributed by atoms with Gasteiger partial charge in [-0.3, -0.25) is 14.0 Å². The van der Waals surface area contributed by atoms with Gasteiger partial charge in [-0.05, 0) is 24.6 Å². The zero-order chi connectivity index (χ0) is 20.9. The van der Waals surface area contributed by atoms with Crippen LogP contribution in [0.1, 0.15) is 28.8 Å². The lowest BCUT2D eigenvalue weighted by Crippen LogP contribution is -2.40. The number of halogens is 3. The summed E-state index contributed by atoms with van der Waals surface area (Å²) in [5, 5.41) is 18.0. The Bertz CT molecular complexity index is 792. The van der Waals surface area contributed by atoms with Gasteiger partial charge < -0.3 is 10.2 Å². The number of hydrogen-bond acceptors (Lipinski definition) is 6. The fraction of sp³-hybridized carbons (Fsp3) is 0.588. The van der Waals surface area contributed by atoms with Crippen molar-refractivity contribution >= 4 is 21.5 Å². The van der Waals surface area contributed by atoms with Crippen molar-refractivity contribution < 1.29 is 36.6 Å². The fourth-order valence-corrected chi connectivity index (χ4v) is 4.63. The summed E-state index contributed by atoms with van der Waals surface area (Å²) in [4.78, 5) is 13.8.